The molecule has 0 saturated carbocycles. The minimum Gasteiger partial charge on any atom is -0.504 e. The molecule has 5 unspecified atom stereocenters. The zero-order chi connectivity index (χ0) is 32.3. The summed E-state index contributed by atoms with van der Waals surface area (Å²) in [5, 5.41) is 48.5. The lowest BCUT2D eigenvalue weighted by Crippen LogP contribution is -2.40. The molecule has 1 fully saturated rings. The van der Waals surface area contributed by atoms with Crippen LogP contribution >= 0.6 is 0 Å². The fourth-order valence-corrected chi connectivity index (χ4v) is 6.10. The summed E-state index contributed by atoms with van der Waals surface area (Å²) in [4.78, 5) is 0. The number of phenols is 2. The summed E-state index contributed by atoms with van der Waals surface area (Å²) in [5.74, 6) is 1.17. The number of aromatic hydroxyl groups is 2. The molecular formula is C34H49N3O8. The first-order valence-corrected chi connectivity index (χ1v) is 15.7. The summed E-state index contributed by atoms with van der Waals surface area (Å²) in [7, 11) is 2.99. The van der Waals surface area contributed by atoms with Gasteiger partial charge < -0.3 is 55.7 Å². The molecule has 1 saturated heterocycles. The molecule has 45 heavy (non-hydrogen) atoms. The first kappa shape index (κ1) is 34.2. The molecular weight excluding hydrogens is 578 g/mol. The van der Waals surface area contributed by atoms with Gasteiger partial charge in [-0.05, 0) is 92.1 Å². The van der Waals surface area contributed by atoms with Crippen LogP contribution < -0.4 is 30.6 Å². The maximum atomic E-state index is 11.2. The largest absolute Gasteiger partial charge is 0.504 e. The van der Waals surface area contributed by atoms with E-state index < -0.39 is 12.2 Å². The van der Waals surface area contributed by atoms with Crippen molar-refractivity contribution in [2.75, 3.05) is 40.5 Å². The van der Waals surface area contributed by atoms with E-state index in [0.717, 1.165) is 24.9 Å². The summed E-state index contributed by atoms with van der Waals surface area (Å²) in [6, 6.07) is 8.72. The number of dihydropyridines is 1. The summed E-state index contributed by atoms with van der Waals surface area (Å²) in [6.45, 7) is 3.72. The van der Waals surface area contributed by atoms with Gasteiger partial charge in [-0.3, -0.25) is 0 Å². The molecule has 11 nitrogen and oxygen atoms in total. The summed E-state index contributed by atoms with van der Waals surface area (Å²) < 4.78 is 23.6. The van der Waals surface area contributed by atoms with Gasteiger partial charge >= 0.3 is 0 Å². The quantitative estimate of drug-likeness (QED) is 0.146. The molecule has 0 aliphatic carbocycles. The lowest BCUT2D eigenvalue weighted by atomic mass is 9.82. The van der Waals surface area contributed by atoms with Crippen molar-refractivity contribution in [3.8, 4) is 28.7 Å². The number of ether oxygens (including phenoxy) is 4. The molecule has 2 aromatic rings. The highest BCUT2D eigenvalue weighted by atomic mass is 16.5. The molecule has 5 atom stereocenters. The number of allylic oxidation sites excluding steroid dienone is 2. The van der Waals surface area contributed by atoms with Gasteiger partial charge in [0.05, 0.1) is 38.4 Å². The molecule has 8 N–H and O–H groups in total. The Morgan fingerprint density at radius 1 is 1.07 bits per heavy atom. The van der Waals surface area contributed by atoms with E-state index in [1.54, 1.807) is 24.3 Å². The number of aryl methyl sites for hydroxylation is 1. The highest BCUT2D eigenvalue weighted by molar-refractivity contribution is 5.53. The van der Waals surface area contributed by atoms with Gasteiger partial charge in [-0.25, -0.2) is 0 Å². The van der Waals surface area contributed by atoms with Crippen LogP contribution in [0.4, 0.5) is 0 Å². The average molecular weight is 628 g/mol. The Balaban J connectivity index is 1.50. The molecule has 0 aromatic heterocycles. The Morgan fingerprint density at radius 2 is 1.84 bits per heavy atom. The van der Waals surface area contributed by atoms with Crippen molar-refractivity contribution in [3.63, 3.8) is 0 Å². The van der Waals surface area contributed by atoms with Crippen molar-refractivity contribution in [3.05, 3.63) is 65.0 Å². The lowest BCUT2D eigenvalue weighted by molar-refractivity contribution is -0.144. The van der Waals surface area contributed by atoms with Crippen molar-refractivity contribution < 1.29 is 39.4 Å². The standard InChI is InChI=1S/C34H49N3O8/c1-4-36-24(8-5-22-11-13-37-32(35)16-22)20-44-31-18-23(17-30(43-3)33(31)41)34-26(12-14-38)28(40)19-25(45-34)9-6-21-7-10-27(39)29(15-21)42-2/h7,10-11,15-18,24-26,28,34,36-41H,4-6,8-9,12-14,19-20,35H2,1-3H3. The second-order valence-corrected chi connectivity index (χ2v) is 11.6. The van der Waals surface area contributed by atoms with Crippen LogP contribution in [0.3, 0.4) is 0 Å². The Hall–Kier alpha value is -3.64. The maximum Gasteiger partial charge on any atom is 0.200 e. The number of benzene rings is 2. The predicted molar refractivity (Wildman–Crippen MR) is 172 cm³/mol. The molecule has 2 aromatic carbocycles. The van der Waals surface area contributed by atoms with Crippen LogP contribution in [-0.2, 0) is 11.2 Å². The number of nitrogens with two attached hydrogens (primary N) is 1. The summed E-state index contributed by atoms with van der Waals surface area (Å²) in [6.07, 6.45) is 6.22. The first-order valence-electron chi connectivity index (χ1n) is 15.7. The maximum absolute atomic E-state index is 11.2. The number of rotatable bonds is 16. The SMILES string of the molecule is CCNC(CCC1=CCNC(N)=C1)COc1cc(C2OC(CCc3ccc(O)c(OC)c3)CC(O)C2CCO)cc(OC)c1O. The molecule has 2 aliphatic heterocycles. The Labute approximate surface area is 265 Å². The van der Waals surface area contributed by atoms with E-state index in [1.165, 1.54) is 19.8 Å². The van der Waals surface area contributed by atoms with Gasteiger partial charge in [0.2, 0.25) is 5.75 Å². The minimum absolute atomic E-state index is 0.0206. The normalized spacial score (nSPS) is 22.2. The number of hydrogen-bond acceptors (Lipinski definition) is 11. The van der Waals surface area contributed by atoms with Crippen LogP contribution in [0.1, 0.15) is 56.3 Å². The second-order valence-electron chi connectivity index (χ2n) is 11.6. The van der Waals surface area contributed by atoms with E-state index in [0.29, 0.717) is 56.0 Å². The topological polar surface area (TPSA) is 168 Å². The van der Waals surface area contributed by atoms with Gasteiger partial charge in [0.15, 0.2) is 23.0 Å². The van der Waals surface area contributed by atoms with Gasteiger partial charge in [0, 0.05) is 25.1 Å². The molecule has 0 radical (unpaired) electrons. The van der Waals surface area contributed by atoms with Gasteiger partial charge in [0.1, 0.15) is 6.61 Å². The van der Waals surface area contributed by atoms with E-state index >= 15 is 0 Å². The molecule has 248 valence electrons. The fourth-order valence-electron chi connectivity index (χ4n) is 6.10. The van der Waals surface area contributed by atoms with Crippen molar-refractivity contribution in [1.82, 2.24) is 10.6 Å². The highest BCUT2D eigenvalue weighted by Gasteiger charge is 2.39. The fraction of sp³-hybridized carbons (Fsp3) is 0.529. The molecule has 2 aliphatic rings. The van der Waals surface area contributed by atoms with Crippen molar-refractivity contribution in [1.29, 1.82) is 0 Å². The van der Waals surface area contributed by atoms with Crippen LogP contribution in [-0.4, -0.2) is 79.2 Å². The predicted octanol–water partition coefficient (Wildman–Crippen LogP) is 3.40. The number of methoxy groups -OCH3 is 2. The highest BCUT2D eigenvalue weighted by Crippen LogP contribution is 2.45. The van der Waals surface area contributed by atoms with Crippen LogP contribution in [0, 0.1) is 5.92 Å². The van der Waals surface area contributed by atoms with Crippen LogP contribution in [0.5, 0.6) is 28.7 Å². The van der Waals surface area contributed by atoms with Crippen LogP contribution in [0.15, 0.2) is 53.9 Å². The Kier molecular flexibility index (Phi) is 12.6. The third kappa shape index (κ3) is 9.20. The van der Waals surface area contributed by atoms with Gasteiger partial charge in [-0.1, -0.05) is 19.1 Å². The second kappa shape index (κ2) is 16.6. The van der Waals surface area contributed by atoms with Crippen LogP contribution in [0.2, 0.25) is 0 Å². The Morgan fingerprint density at radius 3 is 2.56 bits per heavy atom. The van der Waals surface area contributed by atoms with E-state index in [-0.39, 0.29) is 47.7 Å². The number of hydrogen-bond donors (Lipinski definition) is 7. The van der Waals surface area contributed by atoms with Crippen molar-refractivity contribution in [2.24, 2.45) is 11.7 Å². The molecule has 0 amide bonds. The average Bonchev–Trinajstić information content (AvgIpc) is 3.03. The number of phenolic OH excluding ortho intramolecular Hbond substituents is 2. The molecule has 0 spiro atoms. The first-order chi connectivity index (χ1) is 21.8. The molecule has 11 heteroatoms. The number of aliphatic hydroxyl groups excluding tert-OH is 2. The molecule has 2 heterocycles. The van der Waals surface area contributed by atoms with Gasteiger partial charge in [0.25, 0.3) is 0 Å². The summed E-state index contributed by atoms with van der Waals surface area (Å²) in [5.41, 5.74) is 8.76. The third-order valence-corrected chi connectivity index (χ3v) is 8.52. The van der Waals surface area contributed by atoms with E-state index in [2.05, 4.69) is 16.7 Å². The monoisotopic (exact) mass is 627 g/mol. The number of nitrogens with one attached hydrogen (secondary N) is 2. The zero-order valence-corrected chi connectivity index (χ0v) is 26.5. The number of likely N-dealkylation sites (N-methyl/N-ethyl adjacent to an activating group) is 1. The van der Waals surface area contributed by atoms with Crippen molar-refractivity contribution in [2.45, 2.75) is 69.8 Å². The zero-order valence-electron chi connectivity index (χ0n) is 26.5. The van der Waals surface area contributed by atoms with E-state index in [4.69, 9.17) is 24.7 Å². The van der Waals surface area contributed by atoms with E-state index in [1.807, 2.05) is 19.1 Å². The van der Waals surface area contributed by atoms with Gasteiger partial charge in [-0.15, -0.1) is 0 Å². The molecule has 0 bridgehead atoms. The van der Waals surface area contributed by atoms with E-state index in [9.17, 15) is 20.4 Å². The Bertz CT molecular complexity index is 1320. The van der Waals surface area contributed by atoms with Crippen LogP contribution in [0.25, 0.3) is 0 Å². The molecule has 4 rings (SSSR count). The minimum atomic E-state index is -0.704. The van der Waals surface area contributed by atoms with Crippen molar-refractivity contribution >= 4 is 0 Å². The number of aliphatic hydroxyl groups is 2. The third-order valence-electron chi connectivity index (χ3n) is 8.52. The van der Waals surface area contributed by atoms with Gasteiger partial charge in [-0.2, -0.15) is 0 Å². The smallest absolute Gasteiger partial charge is 0.200 e. The lowest BCUT2D eigenvalue weighted by Gasteiger charge is -2.40. The summed E-state index contributed by atoms with van der Waals surface area (Å²) >= 11 is 0.